The van der Waals surface area contributed by atoms with Gasteiger partial charge in [0.25, 0.3) is 0 Å². The van der Waals surface area contributed by atoms with Gasteiger partial charge in [-0.05, 0) is 12.0 Å². The Labute approximate surface area is 135 Å². The van der Waals surface area contributed by atoms with Crippen LogP contribution >= 0.6 is 0 Å². The quantitative estimate of drug-likeness (QED) is 0.423. The zero-order chi connectivity index (χ0) is 17.2. The minimum Gasteiger partial charge on any atom is -0.467 e. The van der Waals surface area contributed by atoms with Crippen LogP contribution in [0.3, 0.4) is 0 Å². The second-order valence-corrected chi connectivity index (χ2v) is 5.22. The standard InChI is InChI=1S/C16H22N2O5/c1-3-13(9-10-18(21)22)15(19)17-14(16(20)23-2)11-12-7-5-4-6-8-12/h4-8,13-14H,3,9-11H2,1-2H3,(H,17,19). The fourth-order valence-corrected chi connectivity index (χ4v) is 2.26. The van der Waals surface area contributed by atoms with Crippen LogP contribution in [0.1, 0.15) is 25.3 Å². The first kappa shape index (κ1) is 18.6. The Hall–Kier alpha value is -2.44. The summed E-state index contributed by atoms with van der Waals surface area (Å²) in [5.74, 6) is -1.39. The number of carbonyl (C=O) groups is 2. The van der Waals surface area contributed by atoms with Gasteiger partial charge in [0.1, 0.15) is 6.04 Å². The molecule has 1 N–H and O–H groups in total. The van der Waals surface area contributed by atoms with Crippen molar-refractivity contribution in [2.75, 3.05) is 13.7 Å². The van der Waals surface area contributed by atoms with Gasteiger partial charge in [0.15, 0.2) is 0 Å². The van der Waals surface area contributed by atoms with Crippen molar-refractivity contribution in [2.45, 2.75) is 32.2 Å². The van der Waals surface area contributed by atoms with Crippen molar-refractivity contribution in [3.63, 3.8) is 0 Å². The Kier molecular flexibility index (Phi) is 7.73. The predicted molar refractivity (Wildman–Crippen MR) is 84.4 cm³/mol. The van der Waals surface area contributed by atoms with E-state index in [0.717, 1.165) is 5.56 Å². The molecule has 0 saturated heterocycles. The Morgan fingerprint density at radius 2 is 1.96 bits per heavy atom. The first-order valence-electron chi connectivity index (χ1n) is 7.51. The molecule has 0 aliphatic carbocycles. The minimum atomic E-state index is -0.806. The molecule has 23 heavy (non-hydrogen) atoms. The molecule has 0 radical (unpaired) electrons. The van der Waals surface area contributed by atoms with Crippen molar-refractivity contribution < 1.29 is 19.2 Å². The van der Waals surface area contributed by atoms with Gasteiger partial charge in [-0.1, -0.05) is 37.3 Å². The lowest BCUT2D eigenvalue weighted by atomic mass is 9.99. The topological polar surface area (TPSA) is 98.5 Å². The molecule has 0 heterocycles. The monoisotopic (exact) mass is 322 g/mol. The first-order chi connectivity index (χ1) is 11.0. The van der Waals surface area contributed by atoms with Crippen molar-refractivity contribution in [3.8, 4) is 0 Å². The number of nitrogens with zero attached hydrogens (tertiary/aromatic N) is 1. The van der Waals surface area contributed by atoms with Crippen LogP contribution in [0.15, 0.2) is 30.3 Å². The van der Waals surface area contributed by atoms with Crippen LogP contribution in [0, 0.1) is 16.0 Å². The summed E-state index contributed by atoms with van der Waals surface area (Å²) in [4.78, 5) is 34.2. The van der Waals surface area contributed by atoms with Crippen LogP contribution in [-0.2, 0) is 20.7 Å². The van der Waals surface area contributed by atoms with Crippen molar-refractivity contribution in [3.05, 3.63) is 46.0 Å². The van der Waals surface area contributed by atoms with Gasteiger partial charge < -0.3 is 10.1 Å². The Bertz CT molecular complexity index is 533. The third-order valence-electron chi connectivity index (χ3n) is 3.61. The Morgan fingerprint density at radius 1 is 1.30 bits per heavy atom. The van der Waals surface area contributed by atoms with Crippen LogP contribution in [0.4, 0.5) is 0 Å². The second-order valence-electron chi connectivity index (χ2n) is 5.22. The maximum absolute atomic E-state index is 12.3. The number of nitrogens with one attached hydrogen (secondary N) is 1. The highest BCUT2D eigenvalue weighted by Crippen LogP contribution is 2.11. The largest absolute Gasteiger partial charge is 0.467 e. The lowest BCUT2D eigenvalue weighted by Gasteiger charge is -2.20. The van der Waals surface area contributed by atoms with E-state index in [4.69, 9.17) is 4.74 Å². The van der Waals surface area contributed by atoms with Crippen LogP contribution < -0.4 is 5.32 Å². The molecule has 126 valence electrons. The van der Waals surface area contributed by atoms with Gasteiger partial charge in [-0.25, -0.2) is 4.79 Å². The van der Waals surface area contributed by atoms with Crippen molar-refractivity contribution in [2.24, 2.45) is 5.92 Å². The van der Waals surface area contributed by atoms with E-state index in [-0.39, 0.29) is 18.9 Å². The van der Waals surface area contributed by atoms with Crippen LogP contribution in [0.2, 0.25) is 0 Å². The molecule has 7 heteroatoms. The predicted octanol–water partition coefficient (Wildman–Crippen LogP) is 1.58. The number of benzene rings is 1. The zero-order valence-electron chi connectivity index (χ0n) is 13.4. The number of amides is 1. The molecule has 0 bridgehead atoms. The number of esters is 1. The third-order valence-corrected chi connectivity index (χ3v) is 3.61. The molecule has 0 aliphatic heterocycles. The van der Waals surface area contributed by atoms with Crippen LogP contribution in [0.5, 0.6) is 0 Å². The molecule has 1 amide bonds. The summed E-state index contributed by atoms with van der Waals surface area (Å²) in [6.07, 6.45) is 0.929. The maximum atomic E-state index is 12.3. The fraction of sp³-hybridized carbons (Fsp3) is 0.500. The van der Waals surface area contributed by atoms with Gasteiger partial charge >= 0.3 is 5.97 Å². The highest BCUT2D eigenvalue weighted by atomic mass is 16.6. The molecule has 0 aromatic heterocycles. The number of carbonyl (C=O) groups excluding carboxylic acids is 2. The molecule has 1 aromatic rings. The van der Waals surface area contributed by atoms with Gasteiger partial charge in [-0.3, -0.25) is 14.9 Å². The molecule has 7 nitrogen and oxygen atoms in total. The van der Waals surface area contributed by atoms with Gasteiger partial charge in [0.2, 0.25) is 12.5 Å². The highest BCUT2D eigenvalue weighted by molar-refractivity contribution is 5.85. The van der Waals surface area contributed by atoms with Crippen molar-refractivity contribution in [1.29, 1.82) is 0 Å². The number of hydrogen-bond acceptors (Lipinski definition) is 5. The number of rotatable bonds is 9. The lowest BCUT2D eigenvalue weighted by Crippen LogP contribution is -2.45. The summed E-state index contributed by atoms with van der Waals surface area (Å²) in [5.41, 5.74) is 0.890. The summed E-state index contributed by atoms with van der Waals surface area (Å²) in [7, 11) is 1.26. The average Bonchev–Trinajstić information content (AvgIpc) is 2.54. The van der Waals surface area contributed by atoms with Gasteiger partial charge in [-0.15, -0.1) is 0 Å². The lowest BCUT2D eigenvalue weighted by molar-refractivity contribution is -0.481. The summed E-state index contributed by atoms with van der Waals surface area (Å²) in [5, 5.41) is 13.1. The average molecular weight is 322 g/mol. The molecule has 0 fully saturated rings. The molecule has 2 atom stereocenters. The Balaban J connectivity index is 2.73. The molecular formula is C16H22N2O5. The molecule has 0 aliphatic rings. The molecular weight excluding hydrogens is 300 g/mol. The van der Waals surface area contributed by atoms with E-state index < -0.39 is 22.9 Å². The Morgan fingerprint density at radius 3 is 2.48 bits per heavy atom. The summed E-state index contributed by atoms with van der Waals surface area (Å²) < 4.78 is 4.74. The van der Waals surface area contributed by atoms with E-state index in [9.17, 15) is 19.7 Å². The molecule has 2 unspecified atom stereocenters. The summed E-state index contributed by atoms with van der Waals surface area (Å²) in [6, 6.07) is 8.45. The smallest absolute Gasteiger partial charge is 0.328 e. The number of nitro groups is 1. The number of ether oxygens (including phenoxy) is 1. The van der Waals surface area contributed by atoms with Crippen molar-refractivity contribution >= 4 is 11.9 Å². The van der Waals surface area contributed by atoms with Gasteiger partial charge in [-0.2, -0.15) is 0 Å². The van der Waals surface area contributed by atoms with E-state index in [1.807, 2.05) is 30.3 Å². The maximum Gasteiger partial charge on any atom is 0.328 e. The molecule has 0 saturated carbocycles. The SMILES string of the molecule is CCC(CC[N+](=O)[O-])C(=O)NC(Cc1ccccc1)C(=O)OC. The molecule has 0 spiro atoms. The first-order valence-corrected chi connectivity index (χ1v) is 7.51. The minimum absolute atomic E-state index is 0.147. The highest BCUT2D eigenvalue weighted by Gasteiger charge is 2.26. The zero-order valence-corrected chi connectivity index (χ0v) is 13.4. The normalized spacial score (nSPS) is 13.0. The summed E-state index contributed by atoms with van der Waals surface area (Å²) >= 11 is 0. The fourth-order valence-electron chi connectivity index (χ4n) is 2.26. The van der Waals surface area contributed by atoms with Crippen LogP contribution in [-0.4, -0.2) is 36.5 Å². The molecule has 1 aromatic carbocycles. The van der Waals surface area contributed by atoms with E-state index >= 15 is 0 Å². The van der Waals surface area contributed by atoms with E-state index in [1.54, 1.807) is 6.92 Å². The summed E-state index contributed by atoms with van der Waals surface area (Å²) in [6.45, 7) is 1.52. The van der Waals surface area contributed by atoms with Gasteiger partial charge in [0.05, 0.1) is 7.11 Å². The second kappa shape index (κ2) is 9.55. The van der Waals surface area contributed by atoms with Crippen LogP contribution in [0.25, 0.3) is 0 Å². The van der Waals surface area contributed by atoms with E-state index in [1.165, 1.54) is 7.11 Å². The molecule has 1 rings (SSSR count). The van der Waals surface area contributed by atoms with Gasteiger partial charge in [0, 0.05) is 23.7 Å². The van der Waals surface area contributed by atoms with Crippen molar-refractivity contribution in [1.82, 2.24) is 5.32 Å². The van der Waals surface area contributed by atoms with E-state index in [2.05, 4.69) is 5.32 Å². The number of hydrogen-bond donors (Lipinski definition) is 1. The van der Waals surface area contributed by atoms with E-state index in [0.29, 0.717) is 12.8 Å². The third kappa shape index (κ3) is 6.46. The number of methoxy groups -OCH3 is 1.